The minimum atomic E-state index is 0.879. The van der Waals surface area contributed by atoms with E-state index < -0.39 is 0 Å². The average molecular weight is 677 g/mol. The van der Waals surface area contributed by atoms with Gasteiger partial charge >= 0.3 is 0 Å². The molecule has 0 unspecified atom stereocenters. The van der Waals surface area contributed by atoms with Gasteiger partial charge in [0.05, 0.1) is 38.8 Å². The molecule has 5 aromatic heterocycles. The Morgan fingerprint density at radius 2 is 1.11 bits per heavy atom. The third-order valence-electron chi connectivity index (χ3n) is 10.9. The van der Waals surface area contributed by atoms with Gasteiger partial charge in [0.1, 0.15) is 5.58 Å². The standard InChI is InChI=1S/C48H28N4O/c1-2-14-32(15-3-1)51-39-21-8-5-18-35(39)43-46-41(42-36-19-6-9-22-40(36)53-48(42)47(43)51)34-17-4-7-20-38(34)52(46)33-16-10-12-31(28-33)37-26-25-30-24-23-29-13-11-27-49-44(29)45(30)50-37/h1-28H. The van der Waals surface area contributed by atoms with E-state index in [9.17, 15) is 0 Å². The van der Waals surface area contributed by atoms with Crippen molar-refractivity contribution in [3.8, 4) is 22.6 Å². The predicted octanol–water partition coefficient (Wildman–Crippen LogP) is 12.5. The number of hydrogen-bond acceptors (Lipinski definition) is 3. The molecule has 0 saturated heterocycles. The molecule has 7 aromatic carbocycles. The molecule has 246 valence electrons. The first-order valence-corrected chi connectivity index (χ1v) is 17.9. The summed E-state index contributed by atoms with van der Waals surface area (Å²) in [5.74, 6) is 0. The Kier molecular flexibility index (Phi) is 5.71. The van der Waals surface area contributed by atoms with Crippen molar-refractivity contribution < 1.29 is 4.42 Å². The number of benzene rings is 7. The van der Waals surface area contributed by atoms with E-state index in [0.717, 1.165) is 93.8 Å². The molecule has 0 atom stereocenters. The summed E-state index contributed by atoms with van der Waals surface area (Å²) in [6, 6.07) is 58.0. The van der Waals surface area contributed by atoms with Crippen molar-refractivity contribution in [1.82, 2.24) is 19.1 Å². The molecule has 0 amide bonds. The smallest absolute Gasteiger partial charge is 0.160 e. The summed E-state index contributed by atoms with van der Waals surface area (Å²) in [4.78, 5) is 9.94. The Labute approximate surface area is 302 Å². The van der Waals surface area contributed by atoms with Crippen molar-refractivity contribution in [3.05, 3.63) is 170 Å². The fourth-order valence-electron chi connectivity index (χ4n) is 8.69. The summed E-state index contributed by atoms with van der Waals surface area (Å²) >= 11 is 0. The third kappa shape index (κ3) is 3.91. The second kappa shape index (κ2) is 10.6. The number of aromatic nitrogens is 4. The maximum absolute atomic E-state index is 6.93. The minimum absolute atomic E-state index is 0.879. The van der Waals surface area contributed by atoms with Gasteiger partial charge in [0.25, 0.3) is 0 Å². The second-order valence-electron chi connectivity index (χ2n) is 13.7. The molecule has 0 bridgehead atoms. The highest BCUT2D eigenvalue weighted by molar-refractivity contribution is 6.39. The van der Waals surface area contributed by atoms with Crippen LogP contribution in [0.3, 0.4) is 0 Å². The molecule has 0 aliphatic rings. The number of pyridine rings is 2. The average Bonchev–Trinajstić information content (AvgIpc) is 3.89. The van der Waals surface area contributed by atoms with E-state index in [4.69, 9.17) is 14.4 Å². The number of furan rings is 1. The number of hydrogen-bond donors (Lipinski definition) is 0. The molecule has 0 radical (unpaired) electrons. The van der Waals surface area contributed by atoms with Crippen molar-refractivity contribution in [3.63, 3.8) is 0 Å². The summed E-state index contributed by atoms with van der Waals surface area (Å²) in [5.41, 5.74) is 12.2. The van der Waals surface area contributed by atoms with Crippen LogP contribution in [0.25, 0.3) is 110 Å². The molecule has 0 aliphatic heterocycles. The summed E-state index contributed by atoms with van der Waals surface area (Å²) in [6.07, 6.45) is 1.84. The lowest BCUT2D eigenvalue weighted by molar-refractivity contribution is 0.671. The number of nitrogens with zero attached hydrogens (tertiary/aromatic N) is 4. The molecular weight excluding hydrogens is 649 g/mol. The van der Waals surface area contributed by atoms with E-state index in [1.54, 1.807) is 0 Å². The highest BCUT2D eigenvalue weighted by atomic mass is 16.3. The van der Waals surface area contributed by atoms with E-state index in [-0.39, 0.29) is 0 Å². The monoisotopic (exact) mass is 676 g/mol. The van der Waals surface area contributed by atoms with Crippen LogP contribution in [-0.4, -0.2) is 19.1 Å². The van der Waals surface area contributed by atoms with E-state index >= 15 is 0 Å². The van der Waals surface area contributed by atoms with Crippen molar-refractivity contribution in [2.75, 3.05) is 0 Å². The van der Waals surface area contributed by atoms with Gasteiger partial charge in [-0.2, -0.15) is 0 Å². The molecule has 0 aliphatic carbocycles. The Hall–Kier alpha value is -7.24. The molecule has 5 heteroatoms. The molecule has 12 rings (SSSR count). The molecule has 0 N–H and O–H groups in total. The number of rotatable bonds is 3. The summed E-state index contributed by atoms with van der Waals surface area (Å²) in [5, 5.41) is 9.11. The summed E-state index contributed by atoms with van der Waals surface area (Å²) in [7, 11) is 0. The lowest BCUT2D eigenvalue weighted by Crippen LogP contribution is -1.97. The van der Waals surface area contributed by atoms with Gasteiger partial charge in [-0.15, -0.1) is 0 Å². The highest BCUT2D eigenvalue weighted by Gasteiger charge is 2.27. The predicted molar refractivity (Wildman–Crippen MR) is 218 cm³/mol. The maximum Gasteiger partial charge on any atom is 0.160 e. The van der Waals surface area contributed by atoms with E-state index in [1.165, 1.54) is 16.2 Å². The van der Waals surface area contributed by atoms with Gasteiger partial charge in [-0.05, 0) is 54.6 Å². The van der Waals surface area contributed by atoms with Crippen molar-refractivity contribution in [2.45, 2.75) is 0 Å². The van der Waals surface area contributed by atoms with Gasteiger partial charge in [0.15, 0.2) is 5.58 Å². The van der Waals surface area contributed by atoms with Crippen LogP contribution >= 0.6 is 0 Å². The Morgan fingerprint density at radius 3 is 1.94 bits per heavy atom. The van der Waals surface area contributed by atoms with Crippen LogP contribution in [-0.2, 0) is 0 Å². The lowest BCUT2D eigenvalue weighted by atomic mass is 10.0. The van der Waals surface area contributed by atoms with E-state index in [0.29, 0.717) is 0 Å². The van der Waals surface area contributed by atoms with Gasteiger partial charge in [-0.1, -0.05) is 109 Å². The number of fused-ring (bicyclic) bond motifs is 15. The van der Waals surface area contributed by atoms with Crippen LogP contribution in [0, 0.1) is 0 Å². The zero-order chi connectivity index (χ0) is 34.6. The van der Waals surface area contributed by atoms with E-state index in [2.05, 4.69) is 167 Å². The molecule has 0 saturated carbocycles. The zero-order valence-electron chi connectivity index (χ0n) is 28.4. The number of para-hydroxylation sites is 4. The molecule has 0 spiro atoms. The molecular formula is C48H28N4O. The largest absolute Gasteiger partial charge is 0.454 e. The molecule has 12 aromatic rings. The van der Waals surface area contributed by atoms with Gasteiger partial charge in [-0.25, -0.2) is 4.98 Å². The van der Waals surface area contributed by atoms with Gasteiger partial charge in [0.2, 0.25) is 0 Å². The highest BCUT2D eigenvalue weighted by Crippen LogP contribution is 2.49. The normalized spacial score (nSPS) is 12.2. The van der Waals surface area contributed by atoms with Crippen LogP contribution in [0.15, 0.2) is 174 Å². The minimum Gasteiger partial charge on any atom is -0.454 e. The van der Waals surface area contributed by atoms with E-state index in [1.807, 2.05) is 12.3 Å². The van der Waals surface area contributed by atoms with Crippen LogP contribution < -0.4 is 0 Å². The fourth-order valence-corrected chi connectivity index (χ4v) is 8.69. The first-order chi connectivity index (χ1) is 26.3. The van der Waals surface area contributed by atoms with Crippen molar-refractivity contribution in [1.29, 1.82) is 0 Å². The van der Waals surface area contributed by atoms with Crippen LogP contribution in [0.4, 0.5) is 0 Å². The van der Waals surface area contributed by atoms with Gasteiger partial charge < -0.3 is 13.6 Å². The van der Waals surface area contributed by atoms with Crippen molar-refractivity contribution in [2.24, 2.45) is 0 Å². The van der Waals surface area contributed by atoms with Crippen LogP contribution in [0.1, 0.15) is 0 Å². The lowest BCUT2D eigenvalue weighted by Gasteiger charge is -2.12. The molecule has 5 nitrogen and oxygen atoms in total. The maximum atomic E-state index is 6.93. The Balaban J connectivity index is 1.25. The quantitative estimate of drug-likeness (QED) is 0.175. The third-order valence-corrected chi connectivity index (χ3v) is 10.9. The van der Waals surface area contributed by atoms with Crippen molar-refractivity contribution >= 4 is 87.4 Å². The van der Waals surface area contributed by atoms with Gasteiger partial charge in [-0.3, -0.25) is 4.98 Å². The fraction of sp³-hybridized carbons (Fsp3) is 0. The van der Waals surface area contributed by atoms with Crippen LogP contribution in [0.5, 0.6) is 0 Å². The Bertz CT molecular complexity index is 3460. The van der Waals surface area contributed by atoms with Crippen LogP contribution in [0.2, 0.25) is 0 Å². The second-order valence-corrected chi connectivity index (χ2v) is 13.7. The molecule has 53 heavy (non-hydrogen) atoms. The summed E-state index contributed by atoms with van der Waals surface area (Å²) < 4.78 is 11.8. The molecule has 0 fully saturated rings. The topological polar surface area (TPSA) is 48.8 Å². The first-order valence-electron chi connectivity index (χ1n) is 17.9. The summed E-state index contributed by atoms with van der Waals surface area (Å²) in [6.45, 7) is 0. The Morgan fingerprint density at radius 1 is 0.453 bits per heavy atom. The van der Waals surface area contributed by atoms with Gasteiger partial charge in [0, 0.05) is 66.2 Å². The first kappa shape index (κ1) is 28.5. The zero-order valence-corrected chi connectivity index (χ0v) is 28.4. The SMILES string of the molecule is c1ccc(-n2c3ccccc3c3c2c2oc4ccccc4c2c2c4ccccc4n(-c4cccc(-c5ccc6ccc7cccnc7c6n5)c4)c23)cc1. The molecule has 5 heterocycles.